The van der Waals surface area contributed by atoms with Gasteiger partial charge in [0.2, 0.25) is 5.69 Å². The second kappa shape index (κ2) is 8.45. The van der Waals surface area contributed by atoms with Crippen LogP contribution in [0.5, 0.6) is 0 Å². The molecule has 7 nitrogen and oxygen atoms in total. The maximum atomic E-state index is 13.1. The minimum Gasteiger partial charge on any atom is -0.350 e. The molecule has 1 aliphatic rings. The highest BCUT2D eigenvalue weighted by Crippen LogP contribution is 2.27. The van der Waals surface area contributed by atoms with Crippen molar-refractivity contribution in [2.45, 2.75) is 19.4 Å². The van der Waals surface area contributed by atoms with Crippen molar-refractivity contribution >= 4 is 29.1 Å². The van der Waals surface area contributed by atoms with E-state index in [1.54, 1.807) is 42.5 Å². The highest BCUT2D eigenvalue weighted by atomic mass is 35.5. The molecule has 9 heteroatoms. The van der Waals surface area contributed by atoms with Crippen LogP contribution in [0.25, 0.3) is 5.69 Å². The van der Waals surface area contributed by atoms with Crippen LogP contribution in [0.4, 0.5) is 0 Å². The summed E-state index contributed by atoms with van der Waals surface area (Å²) in [5.74, 6) is -0.186. The summed E-state index contributed by atoms with van der Waals surface area (Å²) in [6, 6.07) is 13.4. The summed E-state index contributed by atoms with van der Waals surface area (Å²) in [6.45, 7) is 0.379. The van der Waals surface area contributed by atoms with Crippen LogP contribution in [0.1, 0.15) is 28.9 Å². The molecule has 3 aromatic rings. The lowest BCUT2D eigenvalue weighted by Gasteiger charge is -2.13. The van der Waals surface area contributed by atoms with E-state index >= 15 is 0 Å². The van der Waals surface area contributed by atoms with Crippen LogP contribution in [-0.4, -0.2) is 26.8 Å². The molecule has 1 N–H and O–H groups in total. The Kier molecular flexibility index (Phi) is 5.74. The number of carbonyl (C=O) groups is 1. The first-order valence-corrected chi connectivity index (χ1v) is 10.2. The minimum atomic E-state index is -0.772. The number of nitrogens with zero attached hydrogens (tertiary/aromatic N) is 3. The largest absolute Gasteiger partial charge is 0.352 e. The molecule has 1 heterocycles. The molecule has 1 aliphatic carbocycles. The van der Waals surface area contributed by atoms with Gasteiger partial charge in [-0.15, -0.1) is 0 Å². The molecule has 1 fully saturated rings. The second-order valence-corrected chi connectivity index (χ2v) is 8.00. The van der Waals surface area contributed by atoms with Gasteiger partial charge in [0.15, 0.2) is 0 Å². The zero-order valence-corrected chi connectivity index (χ0v) is 17.4. The molecule has 0 atom stereocenters. The van der Waals surface area contributed by atoms with E-state index in [2.05, 4.69) is 10.4 Å². The van der Waals surface area contributed by atoms with Crippen molar-refractivity contribution in [3.05, 3.63) is 90.7 Å². The topological polar surface area (TPSA) is 86.0 Å². The van der Waals surface area contributed by atoms with Crippen LogP contribution in [0.3, 0.4) is 0 Å². The number of benzene rings is 2. The normalized spacial score (nSPS) is 13.3. The summed E-state index contributed by atoms with van der Waals surface area (Å²) in [7, 11) is 0. The van der Waals surface area contributed by atoms with Crippen molar-refractivity contribution in [2.24, 2.45) is 5.92 Å². The van der Waals surface area contributed by atoms with Crippen LogP contribution in [0.15, 0.2) is 58.1 Å². The first-order valence-electron chi connectivity index (χ1n) is 9.46. The van der Waals surface area contributed by atoms with Crippen molar-refractivity contribution in [1.82, 2.24) is 19.7 Å². The van der Waals surface area contributed by atoms with E-state index in [1.165, 1.54) is 6.07 Å². The summed E-state index contributed by atoms with van der Waals surface area (Å²) in [5.41, 5.74) is -0.905. The molecule has 4 rings (SSSR count). The maximum Gasteiger partial charge on any atom is 0.352 e. The third-order valence-corrected chi connectivity index (χ3v) is 5.47. The molecule has 154 valence electrons. The van der Waals surface area contributed by atoms with Gasteiger partial charge in [0.25, 0.3) is 11.5 Å². The Labute approximate surface area is 181 Å². The highest BCUT2D eigenvalue weighted by molar-refractivity contribution is 6.31. The first-order chi connectivity index (χ1) is 14.4. The molecule has 30 heavy (non-hydrogen) atoms. The number of carbonyl (C=O) groups excluding carboxylic acids is 1. The minimum absolute atomic E-state index is 0.0939. The molecular formula is C21H18Cl2N4O3. The van der Waals surface area contributed by atoms with E-state index in [1.807, 2.05) is 0 Å². The Morgan fingerprint density at radius 1 is 1.10 bits per heavy atom. The van der Waals surface area contributed by atoms with E-state index in [0.29, 0.717) is 33.8 Å². The van der Waals surface area contributed by atoms with Crippen molar-refractivity contribution in [2.75, 3.05) is 6.54 Å². The van der Waals surface area contributed by atoms with Gasteiger partial charge in [-0.05, 0) is 48.6 Å². The standard InChI is InChI=1S/C21H18Cl2N4O3/c22-15-5-3-6-16(10-15)27-21(30)26(12-14-4-1-2-7-17(14)23)20(29)18(25-27)19(28)24-11-13-8-9-13/h1-7,10,13H,8-9,11-12H2,(H,24,28). The van der Waals surface area contributed by atoms with Gasteiger partial charge in [0.1, 0.15) is 0 Å². The van der Waals surface area contributed by atoms with Crippen molar-refractivity contribution in [3.63, 3.8) is 0 Å². The van der Waals surface area contributed by atoms with Crippen LogP contribution in [-0.2, 0) is 6.54 Å². The van der Waals surface area contributed by atoms with E-state index in [0.717, 1.165) is 22.1 Å². The van der Waals surface area contributed by atoms with E-state index in [-0.39, 0.29) is 12.2 Å². The predicted octanol–water partition coefficient (Wildman–Crippen LogP) is 2.89. The molecule has 0 spiro atoms. The zero-order valence-electron chi connectivity index (χ0n) is 15.8. The number of hydrogen-bond acceptors (Lipinski definition) is 4. The van der Waals surface area contributed by atoms with E-state index < -0.39 is 17.2 Å². The summed E-state index contributed by atoms with van der Waals surface area (Å²) in [5, 5.41) is 7.61. The maximum absolute atomic E-state index is 13.1. The summed E-state index contributed by atoms with van der Waals surface area (Å²) in [6.07, 6.45) is 2.10. The molecule has 1 aromatic heterocycles. The van der Waals surface area contributed by atoms with Crippen molar-refractivity contribution in [3.8, 4) is 5.69 Å². The summed E-state index contributed by atoms with van der Waals surface area (Å²) < 4.78 is 1.97. The zero-order chi connectivity index (χ0) is 21.3. The van der Waals surface area contributed by atoms with Gasteiger partial charge in [0, 0.05) is 16.6 Å². The third kappa shape index (κ3) is 4.32. The third-order valence-electron chi connectivity index (χ3n) is 4.86. The van der Waals surface area contributed by atoms with Gasteiger partial charge >= 0.3 is 5.69 Å². The SMILES string of the molecule is O=C(NCC1CC1)c1nn(-c2cccc(Cl)c2)c(=O)n(Cc2ccccc2Cl)c1=O. The smallest absolute Gasteiger partial charge is 0.350 e. The molecule has 0 bridgehead atoms. The Morgan fingerprint density at radius 3 is 2.57 bits per heavy atom. The lowest BCUT2D eigenvalue weighted by Crippen LogP contribution is -2.46. The fourth-order valence-electron chi connectivity index (χ4n) is 3.01. The molecule has 2 aromatic carbocycles. The monoisotopic (exact) mass is 444 g/mol. The van der Waals surface area contributed by atoms with Gasteiger partial charge in [-0.25, -0.2) is 4.79 Å². The Hall–Kier alpha value is -2.90. The van der Waals surface area contributed by atoms with Gasteiger partial charge in [-0.3, -0.25) is 14.2 Å². The molecule has 1 amide bonds. The number of halogens is 2. The second-order valence-electron chi connectivity index (χ2n) is 7.16. The fourth-order valence-corrected chi connectivity index (χ4v) is 3.39. The van der Waals surface area contributed by atoms with Crippen molar-refractivity contribution in [1.29, 1.82) is 0 Å². The van der Waals surface area contributed by atoms with Gasteiger partial charge in [-0.1, -0.05) is 47.5 Å². The quantitative estimate of drug-likeness (QED) is 0.633. The molecule has 1 saturated carbocycles. The fraction of sp³-hybridized carbons (Fsp3) is 0.238. The van der Waals surface area contributed by atoms with Crippen LogP contribution in [0, 0.1) is 5.92 Å². The summed E-state index contributed by atoms with van der Waals surface area (Å²) in [4.78, 5) is 38.8. The van der Waals surface area contributed by atoms with Gasteiger partial charge in [0.05, 0.1) is 12.2 Å². The molecule has 0 radical (unpaired) electrons. The Morgan fingerprint density at radius 2 is 1.87 bits per heavy atom. The molecule has 0 aliphatic heterocycles. The average molecular weight is 445 g/mol. The number of aromatic nitrogens is 3. The highest BCUT2D eigenvalue weighted by Gasteiger charge is 2.25. The Bertz CT molecular complexity index is 1230. The average Bonchev–Trinajstić information content (AvgIpc) is 3.55. The lowest BCUT2D eigenvalue weighted by molar-refractivity contribution is 0.0942. The first kappa shape index (κ1) is 20.4. The molecule has 0 saturated heterocycles. The van der Waals surface area contributed by atoms with E-state index in [9.17, 15) is 14.4 Å². The number of rotatable bonds is 6. The predicted molar refractivity (Wildman–Crippen MR) is 115 cm³/mol. The number of hydrogen-bond donors (Lipinski definition) is 1. The van der Waals surface area contributed by atoms with Crippen molar-refractivity contribution < 1.29 is 4.79 Å². The van der Waals surface area contributed by atoms with E-state index in [4.69, 9.17) is 23.2 Å². The van der Waals surface area contributed by atoms with Crippen LogP contribution < -0.4 is 16.6 Å². The van der Waals surface area contributed by atoms with Gasteiger partial charge < -0.3 is 5.32 Å². The number of amides is 1. The molecule has 0 unspecified atom stereocenters. The summed E-state index contributed by atoms with van der Waals surface area (Å²) >= 11 is 12.3. The van der Waals surface area contributed by atoms with Crippen LogP contribution >= 0.6 is 23.2 Å². The van der Waals surface area contributed by atoms with Gasteiger partial charge in [-0.2, -0.15) is 9.78 Å². The molecular weight excluding hydrogens is 427 g/mol. The number of nitrogens with one attached hydrogen (secondary N) is 1. The lowest BCUT2D eigenvalue weighted by atomic mass is 10.2. The Balaban J connectivity index is 1.84. The van der Waals surface area contributed by atoms with Crippen LogP contribution in [0.2, 0.25) is 10.0 Å².